The molecule has 0 spiro atoms. The molecule has 0 amide bonds. The van der Waals surface area contributed by atoms with E-state index in [2.05, 4.69) is 27.8 Å². The Morgan fingerprint density at radius 2 is 2.04 bits per heavy atom. The highest BCUT2D eigenvalue weighted by Crippen LogP contribution is 2.12. The Kier molecular flexibility index (Phi) is 8.41. The number of ether oxygens (including phenoxy) is 3. The van der Waals surface area contributed by atoms with Crippen LogP contribution < -0.4 is 15.4 Å². The normalized spacial score (nSPS) is 17.8. The van der Waals surface area contributed by atoms with Crippen LogP contribution >= 0.6 is 0 Å². The number of methoxy groups -OCH3 is 1. The molecular formula is C18H29N3O3. The van der Waals surface area contributed by atoms with Gasteiger partial charge in [0, 0.05) is 26.7 Å². The Labute approximate surface area is 144 Å². The van der Waals surface area contributed by atoms with Gasteiger partial charge < -0.3 is 24.8 Å². The summed E-state index contributed by atoms with van der Waals surface area (Å²) < 4.78 is 16.3. The van der Waals surface area contributed by atoms with E-state index in [4.69, 9.17) is 14.2 Å². The van der Waals surface area contributed by atoms with Crippen molar-refractivity contribution in [2.24, 2.45) is 4.99 Å². The molecule has 1 fully saturated rings. The molecule has 6 nitrogen and oxygen atoms in total. The van der Waals surface area contributed by atoms with Crippen LogP contribution in [-0.2, 0) is 15.9 Å². The number of guanidine groups is 1. The molecule has 0 aliphatic carbocycles. The summed E-state index contributed by atoms with van der Waals surface area (Å²) in [6, 6.07) is 8.12. The van der Waals surface area contributed by atoms with Gasteiger partial charge in [0.2, 0.25) is 0 Å². The summed E-state index contributed by atoms with van der Waals surface area (Å²) in [5.74, 6) is 1.68. The fourth-order valence-corrected chi connectivity index (χ4v) is 2.57. The highest BCUT2D eigenvalue weighted by Gasteiger charge is 2.14. The number of aliphatic imine (C=N–C) groups is 1. The number of hydrogen-bond donors (Lipinski definition) is 2. The Balaban J connectivity index is 1.54. The topological polar surface area (TPSA) is 64.1 Å². The first-order chi connectivity index (χ1) is 11.8. The van der Waals surface area contributed by atoms with E-state index in [1.54, 1.807) is 14.2 Å². The van der Waals surface area contributed by atoms with Gasteiger partial charge in [-0.15, -0.1) is 0 Å². The van der Waals surface area contributed by atoms with Gasteiger partial charge in [-0.05, 0) is 37.0 Å². The fraction of sp³-hybridized carbons (Fsp3) is 0.611. The third kappa shape index (κ3) is 6.76. The number of hydrogen-bond acceptors (Lipinski definition) is 4. The lowest BCUT2D eigenvalue weighted by atomic mass is 10.1. The zero-order chi connectivity index (χ0) is 17.0. The molecule has 2 rings (SSSR count). The van der Waals surface area contributed by atoms with E-state index in [9.17, 15) is 0 Å². The minimum absolute atomic E-state index is 0.284. The summed E-state index contributed by atoms with van der Waals surface area (Å²) in [6.07, 6.45) is 3.48. The van der Waals surface area contributed by atoms with Gasteiger partial charge in [-0.3, -0.25) is 4.99 Å². The van der Waals surface area contributed by atoms with E-state index >= 15 is 0 Å². The van der Waals surface area contributed by atoms with Crippen molar-refractivity contribution in [1.82, 2.24) is 10.6 Å². The van der Waals surface area contributed by atoms with Crippen LogP contribution in [0.1, 0.15) is 18.4 Å². The maximum absolute atomic E-state index is 5.63. The second-order valence-electron chi connectivity index (χ2n) is 5.73. The molecule has 0 radical (unpaired) electrons. The molecule has 0 aromatic heterocycles. The van der Waals surface area contributed by atoms with E-state index in [0.29, 0.717) is 13.2 Å². The van der Waals surface area contributed by atoms with Crippen molar-refractivity contribution in [3.05, 3.63) is 29.8 Å². The van der Waals surface area contributed by atoms with Crippen LogP contribution in [0, 0.1) is 0 Å². The molecule has 1 unspecified atom stereocenters. The van der Waals surface area contributed by atoms with E-state index in [0.717, 1.165) is 50.7 Å². The third-order valence-corrected chi connectivity index (χ3v) is 3.96. The van der Waals surface area contributed by atoms with Crippen LogP contribution in [0.15, 0.2) is 29.3 Å². The first kappa shape index (κ1) is 18.5. The molecule has 1 heterocycles. The second-order valence-corrected chi connectivity index (χ2v) is 5.73. The zero-order valence-corrected chi connectivity index (χ0v) is 14.7. The summed E-state index contributed by atoms with van der Waals surface area (Å²) in [7, 11) is 3.45. The van der Waals surface area contributed by atoms with Crippen LogP contribution in [0.25, 0.3) is 0 Å². The van der Waals surface area contributed by atoms with Gasteiger partial charge in [0.05, 0.1) is 26.4 Å². The van der Waals surface area contributed by atoms with Crippen LogP contribution in [-0.4, -0.2) is 59.1 Å². The molecule has 1 saturated heterocycles. The van der Waals surface area contributed by atoms with Crippen LogP contribution in [0.2, 0.25) is 0 Å². The third-order valence-electron chi connectivity index (χ3n) is 3.96. The molecule has 24 heavy (non-hydrogen) atoms. The highest BCUT2D eigenvalue weighted by molar-refractivity contribution is 5.79. The Morgan fingerprint density at radius 3 is 2.71 bits per heavy atom. The maximum atomic E-state index is 5.63. The summed E-state index contributed by atoms with van der Waals surface area (Å²) in [6.45, 7) is 3.76. The molecule has 0 saturated carbocycles. The lowest BCUT2D eigenvalue weighted by molar-refractivity contribution is 0.0191. The van der Waals surface area contributed by atoms with Gasteiger partial charge in [0.25, 0.3) is 0 Å². The molecule has 0 bridgehead atoms. The fourth-order valence-electron chi connectivity index (χ4n) is 2.57. The largest absolute Gasteiger partial charge is 0.497 e. The first-order valence-corrected chi connectivity index (χ1v) is 8.58. The molecule has 1 aliphatic rings. The van der Waals surface area contributed by atoms with Crippen LogP contribution in [0.4, 0.5) is 0 Å². The average Bonchev–Trinajstić information content (AvgIpc) is 3.14. The standard InChI is InChI=1S/C18H29N3O3/c1-19-18(21-11-13-23-14-17-4-3-12-24-17)20-10-9-15-5-7-16(22-2)8-6-15/h5-8,17H,3-4,9-14H2,1-2H3,(H2,19,20,21). The van der Waals surface area contributed by atoms with Crippen molar-refractivity contribution in [2.45, 2.75) is 25.4 Å². The smallest absolute Gasteiger partial charge is 0.191 e. The quantitative estimate of drug-likeness (QED) is 0.408. The Bertz CT molecular complexity index is 485. The summed E-state index contributed by atoms with van der Waals surface area (Å²) >= 11 is 0. The zero-order valence-electron chi connectivity index (χ0n) is 14.7. The second kappa shape index (κ2) is 10.9. The van der Waals surface area contributed by atoms with Crippen molar-refractivity contribution in [1.29, 1.82) is 0 Å². The molecule has 1 atom stereocenters. The molecule has 1 aliphatic heterocycles. The van der Waals surface area contributed by atoms with Crippen molar-refractivity contribution >= 4 is 5.96 Å². The average molecular weight is 335 g/mol. The molecule has 2 N–H and O–H groups in total. The first-order valence-electron chi connectivity index (χ1n) is 8.58. The monoisotopic (exact) mass is 335 g/mol. The molecule has 134 valence electrons. The summed E-state index contributed by atoms with van der Waals surface area (Å²) in [5.41, 5.74) is 1.26. The lowest BCUT2D eigenvalue weighted by Crippen LogP contribution is -2.40. The maximum Gasteiger partial charge on any atom is 0.191 e. The number of benzene rings is 1. The van der Waals surface area contributed by atoms with Crippen LogP contribution in [0.5, 0.6) is 5.75 Å². The lowest BCUT2D eigenvalue weighted by Gasteiger charge is -2.13. The van der Waals surface area contributed by atoms with Gasteiger partial charge in [0.15, 0.2) is 5.96 Å². The van der Waals surface area contributed by atoms with Crippen LogP contribution in [0.3, 0.4) is 0 Å². The number of nitrogens with zero attached hydrogens (tertiary/aromatic N) is 1. The number of rotatable bonds is 9. The van der Waals surface area contributed by atoms with E-state index in [1.165, 1.54) is 5.56 Å². The molecule has 1 aromatic carbocycles. The van der Waals surface area contributed by atoms with E-state index < -0.39 is 0 Å². The predicted molar refractivity (Wildman–Crippen MR) is 95.9 cm³/mol. The van der Waals surface area contributed by atoms with E-state index in [1.807, 2.05) is 12.1 Å². The predicted octanol–water partition coefficient (Wildman–Crippen LogP) is 1.60. The number of nitrogens with one attached hydrogen (secondary N) is 2. The van der Waals surface area contributed by atoms with Gasteiger partial charge in [0.1, 0.15) is 5.75 Å². The highest BCUT2D eigenvalue weighted by atomic mass is 16.5. The Morgan fingerprint density at radius 1 is 1.25 bits per heavy atom. The van der Waals surface area contributed by atoms with Gasteiger partial charge in [-0.1, -0.05) is 12.1 Å². The van der Waals surface area contributed by atoms with Gasteiger partial charge >= 0.3 is 0 Å². The van der Waals surface area contributed by atoms with Crippen molar-refractivity contribution in [2.75, 3.05) is 47.1 Å². The van der Waals surface area contributed by atoms with E-state index in [-0.39, 0.29) is 6.10 Å². The van der Waals surface area contributed by atoms with Gasteiger partial charge in [-0.2, -0.15) is 0 Å². The van der Waals surface area contributed by atoms with Crippen molar-refractivity contribution < 1.29 is 14.2 Å². The van der Waals surface area contributed by atoms with Gasteiger partial charge in [-0.25, -0.2) is 0 Å². The van der Waals surface area contributed by atoms with Crippen molar-refractivity contribution in [3.63, 3.8) is 0 Å². The molecule has 1 aromatic rings. The molecule has 6 heteroatoms. The minimum Gasteiger partial charge on any atom is -0.497 e. The Hall–Kier alpha value is -1.79. The summed E-state index contributed by atoms with van der Waals surface area (Å²) in [4.78, 5) is 4.22. The minimum atomic E-state index is 0.284. The molecular weight excluding hydrogens is 306 g/mol. The SMILES string of the molecule is CN=C(NCCOCC1CCCO1)NCCc1ccc(OC)cc1. The summed E-state index contributed by atoms with van der Waals surface area (Å²) in [5, 5.41) is 6.56. The van der Waals surface area contributed by atoms with Crippen molar-refractivity contribution in [3.8, 4) is 5.75 Å².